The maximum Gasteiger partial charge on any atom is 0.0796 e. The second-order valence-corrected chi connectivity index (χ2v) is 4.70. The molecule has 0 fully saturated rings. The fourth-order valence-electron chi connectivity index (χ4n) is 2.40. The highest BCUT2D eigenvalue weighted by Crippen LogP contribution is 2.26. The maximum atomic E-state index is 5.61. The molecule has 0 saturated heterocycles. The van der Waals surface area contributed by atoms with Crippen LogP contribution < -0.4 is 0 Å². The first-order valence-corrected chi connectivity index (χ1v) is 6.90. The molecule has 0 amide bonds. The van der Waals surface area contributed by atoms with E-state index < -0.39 is 0 Å². The van der Waals surface area contributed by atoms with Crippen molar-refractivity contribution in [2.45, 2.75) is 33.3 Å². The molecule has 2 rings (SSSR count). The van der Waals surface area contributed by atoms with Crippen LogP contribution in [-0.2, 0) is 18.2 Å². The van der Waals surface area contributed by atoms with Crippen LogP contribution in [0.3, 0.4) is 0 Å². The van der Waals surface area contributed by atoms with Crippen LogP contribution in [0.15, 0.2) is 30.5 Å². The zero-order chi connectivity index (χ0) is 13.8. The predicted molar refractivity (Wildman–Crippen MR) is 78.1 cm³/mol. The van der Waals surface area contributed by atoms with Gasteiger partial charge in [-0.15, -0.1) is 0 Å². The summed E-state index contributed by atoms with van der Waals surface area (Å²) in [5.74, 6) is 0. The highest BCUT2D eigenvalue weighted by Gasteiger charge is 2.10. The van der Waals surface area contributed by atoms with Gasteiger partial charge in [-0.2, -0.15) is 5.10 Å². The Labute approximate surface area is 115 Å². The Balaban J connectivity index is 2.27. The Morgan fingerprint density at radius 2 is 1.89 bits per heavy atom. The van der Waals surface area contributed by atoms with Crippen molar-refractivity contribution < 1.29 is 4.74 Å². The average Bonchev–Trinajstić information content (AvgIpc) is 2.80. The fraction of sp³-hybridized carbons (Fsp3) is 0.438. The van der Waals surface area contributed by atoms with Gasteiger partial charge in [-0.25, -0.2) is 0 Å². The third-order valence-corrected chi connectivity index (χ3v) is 3.50. The number of ether oxygens (including phenoxy) is 1. The SMILES string of the molecule is CCOC(C)c1ccc(-c2cnn(C)c2CC)cc1. The summed E-state index contributed by atoms with van der Waals surface area (Å²) in [6.07, 6.45) is 3.08. The van der Waals surface area contributed by atoms with E-state index in [2.05, 4.69) is 43.2 Å². The lowest BCUT2D eigenvalue weighted by Crippen LogP contribution is -1.99. The van der Waals surface area contributed by atoms with Crippen molar-refractivity contribution in [2.24, 2.45) is 7.05 Å². The van der Waals surface area contributed by atoms with Gasteiger partial charge in [0.1, 0.15) is 0 Å². The molecule has 3 nitrogen and oxygen atoms in total. The van der Waals surface area contributed by atoms with Crippen LogP contribution in [0.2, 0.25) is 0 Å². The van der Waals surface area contributed by atoms with Gasteiger partial charge in [0.2, 0.25) is 0 Å². The highest BCUT2D eigenvalue weighted by atomic mass is 16.5. The van der Waals surface area contributed by atoms with Crippen molar-refractivity contribution in [1.29, 1.82) is 0 Å². The van der Waals surface area contributed by atoms with Crippen molar-refractivity contribution >= 4 is 0 Å². The van der Waals surface area contributed by atoms with Crippen molar-refractivity contribution in [1.82, 2.24) is 9.78 Å². The Bertz CT molecular complexity index is 528. The Hall–Kier alpha value is -1.61. The van der Waals surface area contributed by atoms with Crippen LogP contribution in [0.4, 0.5) is 0 Å². The van der Waals surface area contributed by atoms with E-state index in [1.165, 1.54) is 22.4 Å². The number of nitrogens with zero attached hydrogens (tertiary/aromatic N) is 2. The molecule has 0 aliphatic rings. The second kappa shape index (κ2) is 6.02. The molecular weight excluding hydrogens is 236 g/mol. The Morgan fingerprint density at radius 3 is 2.47 bits per heavy atom. The average molecular weight is 258 g/mol. The standard InChI is InChI=1S/C16H22N2O/c1-5-16-15(11-17-18(16)4)14-9-7-13(8-10-14)12(3)19-6-2/h7-12H,5-6H2,1-4H3. The van der Waals surface area contributed by atoms with Gasteiger partial charge in [-0.3, -0.25) is 4.68 Å². The molecule has 0 aliphatic carbocycles. The van der Waals surface area contributed by atoms with Crippen LogP contribution in [0.1, 0.15) is 38.1 Å². The minimum absolute atomic E-state index is 0.151. The van der Waals surface area contributed by atoms with Crippen molar-refractivity contribution in [3.8, 4) is 11.1 Å². The third-order valence-electron chi connectivity index (χ3n) is 3.50. The van der Waals surface area contributed by atoms with Gasteiger partial charge >= 0.3 is 0 Å². The topological polar surface area (TPSA) is 27.1 Å². The van der Waals surface area contributed by atoms with Gasteiger partial charge in [0.25, 0.3) is 0 Å². The minimum atomic E-state index is 0.151. The van der Waals surface area contributed by atoms with Gasteiger partial charge in [-0.1, -0.05) is 31.2 Å². The lowest BCUT2D eigenvalue weighted by Gasteiger charge is -2.12. The van der Waals surface area contributed by atoms with E-state index in [4.69, 9.17) is 4.74 Å². The molecular formula is C16H22N2O. The quantitative estimate of drug-likeness (QED) is 0.816. The summed E-state index contributed by atoms with van der Waals surface area (Å²) < 4.78 is 7.56. The first-order valence-electron chi connectivity index (χ1n) is 6.90. The molecule has 0 bridgehead atoms. The number of hydrogen-bond donors (Lipinski definition) is 0. The summed E-state index contributed by atoms with van der Waals surface area (Å²) in [6.45, 7) is 7.01. The molecule has 3 heteroatoms. The highest BCUT2D eigenvalue weighted by molar-refractivity contribution is 5.65. The normalized spacial score (nSPS) is 12.6. The van der Waals surface area contributed by atoms with Crippen LogP contribution in [0.5, 0.6) is 0 Å². The predicted octanol–water partition coefficient (Wildman–Crippen LogP) is 3.75. The maximum absolute atomic E-state index is 5.61. The molecule has 19 heavy (non-hydrogen) atoms. The van der Waals surface area contributed by atoms with Crippen LogP contribution in [0, 0.1) is 0 Å². The Kier molecular flexibility index (Phi) is 4.38. The zero-order valence-corrected chi connectivity index (χ0v) is 12.2. The van der Waals surface area contributed by atoms with E-state index in [1.807, 2.05) is 24.9 Å². The number of hydrogen-bond acceptors (Lipinski definition) is 2. The zero-order valence-electron chi connectivity index (χ0n) is 12.2. The number of aromatic nitrogens is 2. The summed E-state index contributed by atoms with van der Waals surface area (Å²) in [6, 6.07) is 8.59. The summed E-state index contributed by atoms with van der Waals surface area (Å²) in [5.41, 5.74) is 4.93. The molecule has 0 spiro atoms. The van der Waals surface area contributed by atoms with E-state index >= 15 is 0 Å². The molecule has 0 N–H and O–H groups in total. The first kappa shape index (κ1) is 13.8. The molecule has 102 valence electrons. The molecule has 2 aromatic rings. The van der Waals surface area contributed by atoms with E-state index in [-0.39, 0.29) is 6.10 Å². The second-order valence-electron chi connectivity index (χ2n) is 4.70. The summed E-state index contributed by atoms with van der Waals surface area (Å²) in [5, 5.41) is 4.34. The summed E-state index contributed by atoms with van der Waals surface area (Å²) >= 11 is 0. The van der Waals surface area contributed by atoms with E-state index in [0.29, 0.717) is 0 Å². The van der Waals surface area contributed by atoms with E-state index in [9.17, 15) is 0 Å². The lowest BCUT2D eigenvalue weighted by atomic mass is 10.0. The molecule has 0 radical (unpaired) electrons. The third kappa shape index (κ3) is 2.87. The minimum Gasteiger partial charge on any atom is -0.374 e. The molecule has 1 aromatic carbocycles. The molecule has 0 aliphatic heterocycles. The summed E-state index contributed by atoms with van der Waals surface area (Å²) in [4.78, 5) is 0. The smallest absolute Gasteiger partial charge is 0.0796 e. The van der Waals surface area contributed by atoms with Gasteiger partial charge in [0.15, 0.2) is 0 Å². The van der Waals surface area contributed by atoms with Crippen LogP contribution >= 0.6 is 0 Å². The molecule has 1 unspecified atom stereocenters. The van der Waals surface area contributed by atoms with E-state index in [0.717, 1.165) is 13.0 Å². The van der Waals surface area contributed by atoms with Gasteiger partial charge in [0.05, 0.1) is 12.3 Å². The number of aryl methyl sites for hydroxylation is 1. The molecule has 1 atom stereocenters. The fourth-order valence-corrected chi connectivity index (χ4v) is 2.40. The van der Waals surface area contributed by atoms with Crippen molar-refractivity contribution in [3.05, 3.63) is 41.7 Å². The van der Waals surface area contributed by atoms with E-state index in [1.54, 1.807) is 0 Å². The van der Waals surface area contributed by atoms with Gasteiger partial charge < -0.3 is 4.74 Å². The van der Waals surface area contributed by atoms with Crippen LogP contribution in [0.25, 0.3) is 11.1 Å². The van der Waals surface area contributed by atoms with Gasteiger partial charge in [-0.05, 0) is 31.4 Å². The van der Waals surface area contributed by atoms with Crippen molar-refractivity contribution in [2.75, 3.05) is 6.61 Å². The largest absolute Gasteiger partial charge is 0.374 e. The number of rotatable bonds is 5. The monoisotopic (exact) mass is 258 g/mol. The number of benzene rings is 1. The van der Waals surface area contributed by atoms with Crippen molar-refractivity contribution in [3.63, 3.8) is 0 Å². The molecule has 1 aromatic heterocycles. The Morgan fingerprint density at radius 1 is 1.21 bits per heavy atom. The van der Waals surface area contributed by atoms with Gasteiger partial charge in [0, 0.05) is 24.9 Å². The first-order chi connectivity index (χ1) is 9.17. The molecule has 1 heterocycles. The molecule has 0 saturated carbocycles. The van der Waals surface area contributed by atoms with Crippen LogP contribution in [-0.4, -0.2) is 16.4 Å². The summed E-state index contributed by atoms with van der Waals surface area (Å²) in [7, 11) is 1.99. The lowest BCUT2D eigenvalue weighted by molar-refractivity contribution is 0.0764.